The van der Waals surface area contributed by atoms with Gasteiger partial charge in [-0.2, -0.15) is 0 Å². The van der Waals surface area contributed by atoms with Crippen molar-refractivity contribution in [1.29, 1.82) is 0 Å². The summed E-state index contributed by atoms with van der Waals surface area (Å²) in [5.41, 5.74) is 7.95. The van der Waals surface area contributed by atoms with Gasteiger partial charge in [0.25, 0.3) is 0 Å². The number of hydrogen-bond acceptors (Lipinski definition) is 6. The molecule has 0 bridgehead atoms. The van der Waals surface area contributed by atoms with Crippen LogP contribution >= 0.6 is 24.0 Å². The molecule has 3 rings (SSSR count). The SMILES string of the molecule is CC(=O)Nc1ccc(C)nc1.Cc1ccc(N)cn1.Cl.O=C(Cl)Oc1ccccc1. The summed E-state index contributed by atoms with van der Waals surface area (Å²) in [7, 11) is 0. The quantitative estimate of drug-likeness (QED) is 0.521. The Hall–Kier alpha value is -3.16. The average molecular weight is 451 g/mol. The molecular formula is C21H24Cl2N4O3. The van der Waals surface area contributed by atoms with E-state index in [4.69, 9.17) is 17.3 Å². The lowest BCUT2D eigenvalue weighted by molar-refractivity contribution is -0.114. The fraction of sp³-hybridized carbons (Fsp3) is 0.143. The van der Waals surface area contributed by atoms with E-state index in [1.54, 1.807) is 36.7 Å². The number of amides is 1. The number of carbonyl (C=O) groups is 2. The number of benzene rings is 1. The molecule has 0 spiro atoms. The summed E-state index contributed by atoms with van der Waals surface area (Å²) >= 11 is 4.95. The Morgan fingerprint density at radius 1 is 0.933 bits per heavy atom. The highest BCUT2D eigenvalue weighted by molar-refractivity contribution is 6.61. The molecule has 0 aliphatic carbocycles. The van der Waals surface area contributed by atoms with Gasteiger partial charge in [-0.05, 0) is 50.2 Å². The first-order valence-corrected chi connectivity index (χ1v) is 8.95. The van der Waals surface area contributed by atoms with Crippen LogP contribution < -0.4 is 15.8 Å². The van der Waals surface area contributed by atoms with Crippen LogP contribution in [0.1, 0.15) is 18.3 Å². The number of hydrogen-bond donors (Lipinski definition) is 2. The highest BCUT2D eigenvalue weighted by atomic mass is 35.5. The first-order chi connectivity index (χ1) is 13.8. The lowest BCUT2D eigenvalue weighted by Gasteiger charge is -1.99. The van der Waals surface area contributed by atoms with Crippen molar-refractivity contribution in [2.24, 2.45) is 0 Å². The van der Waals surface area contributed by atoms with E-state index in [-0.39, 0.29) is 18.3 Å². The van der Waals surface area contributed by atoms with Gasteiger partial charge in [-0.25, -0.2) is 4.79 Å². The molecule has 0 aliphatic rings. The summed E-state index contributed by atoms with van der Waals surface area (Å²) in [4.78, 5) is 28.7. The van der Waals surface area contributed by atoms with Gasteiger partial charge in [-0.1, -0.05) is 18.2 Å². The maximum Gasteiger partial charge on any atom is 0.409 e. The summed E-state index contributed by atoms with van der Waals surface area (Å²) < 4.78 is 4.54. The molecule has 0 radical (unpaired) electrons. The minimum Gasteiger partial charge on any atom is -0.415 e. The molecule has 1 amide bonds. The number of rotatable bonds is 2. The third kappa shape index (κ3) is 13.1. The van der Waals surface area contributed by atoms with Crippen LogP contribution in [0.5, 0.6) is 5.75 Å². The lowest BCUT2D eigenvalue weighted by atomic mass is 10.3. The van der Waals surface area contributed by atoms with E-state index in [1.165, 1.54) is 6.92 Å². The number of pyridine rings is 2. The number of nitrogen functional groups attached to an aromatic ring is 1. The van der Waals surface area contributed by atoms with Crippen LogP contribution in [0.25, 0.3) is 0 Å². The van der Waals surface area contributed by atoms with Gasteiger partial charge in [-0.15, -0.1) is 12.4 Å². The predicted octanol–water partition coefficient (Wildman–Crippen LogP) is 5.17. The normalized spacial score (nSPS) is 8.80. The van der Waals surface area contributed by atoms with Gasteiger partial charge in [0.2, 0.25) is 5.91 Å². The first-order valence-electron chi connectivity index (χ1n) is 8.57. The molecule has 0 fully saturated rings. The van der Waals surface area contributed by atoms with Crippen molar-refractivity contribution in [3.63, 3.8) is 0 Å². The summed E-state index contributed by atoms with van der Waals surface area (Å²) in [5, 5.41) is 2.63. The fourth-order valence-corrected chi connectivity index (χ4v) is 1.89. The molecule has 0 atom stereocenters. The molecule has 2 heterocycles. The standard InChI is InChI=1S/C8H10N2O.C7H5ClO2.C6H8N2.ClH/c1-6-3-4-8(5-9-6)10-7(2)11;8-7(9)10-6-4-2-1-3-5-6;1-5-2-3-6(7)4-8-5;/h3-5H,1-2H3,(H,10,11);1-5H;2-4H,7H2,1H3;1H. The van der Waals surface area contributed by atoms with Gasteiger partial charge >= 0.3 is 5.43 Å². The number of anilines is 2. The molecule has 7 nitrogen and oxygen atoms in total. The average Bonchev–Trinajstić information content (AvgIpc) is 2.67. The number of halogens is 2. The molecule has 2 aromatic heterocycles. The van der Waals surface area contributed by atoms with E-state index in [9.17, 15) is 9.59 Å². The van der Waals surface area contributed by atoms with Gasteiger partial charge in [0, 0.05) is 29.9 Å². The van der Waals surface area contributed by atoms with Crippen LogP contribution in [0.4, 0.5) is 16.2 Å². The highest BCUT2D eigenvalue weighted by Crippen LogP contribution is 2.09. The molecule has 3 N–H and O–H groups in total. The summed E-state index contributed by atoms with van der Waals surface area (Å²) in [5.74, 6) is 0.387. The Kier molecular flexibility index (Phi) is 13.2. The van der Waals surface area contributed by atoms with Crippen molar-refractivity contribution in [2.75, 3.05) is 11.1 Å². The van der Waals surface area contributed by atoms with Crippen molar-refractivity contribution in [3.05, 3.63) is 78.4 Å². The number of aryl methyl sites for hydroxylation is 2. The van der Waals surface area contributed by atoms with E-state index in [2.05, 4.69) is 20.0 Å². The van der Waals surface area contributed by atoms with Crippen molar-refractivity contribution < 1.29 is 14.3 Å². The van der Waals surface area contributed by atoms with Gasteiger partial charge in [0.15, 0.2) is 0 Å². The summed E-state index contributed by atoms with van der Waals surface area (Å²) in [6.07, 6.45) is 3.28. The van der Waals surface area contributed by atoms with Crippen molar-refractivity contribution in [2.45, 2.75) is 20.8 Å². The predicted molar refractivity (Wildman–Crippen MR) is 122 cm³/mol. The van der Waals surface area contributed by atoms with Gasteiger partial charge in [-0.3, -0.25) is 14.8 Å². The molecule has 30 heavy (non-hydrogen) atoms. The maximum absolute atomic E-state index is 10.6. The minimum absolute atomic E-state index is 0. The van der Waals surface area contributed by atoms with Gasteiger partial charge < -0.3 is 15.8 Å². The highest BCUT2D eigenvalue weighted by Gasteiger charge is 1.96. The molecule has 0 saturated heterocycles. The number of nitrogens with one attached hydrogen (secondary N) is 1. The second kappa shape index (κ2) is 14.8. The first kappa shape index (κ1) is 26.8. The number of nitrogens with zero attached hydrogens (tertiary/aromatic N) is 2. The smallest absolute Gasteiger partial charge is 0.409 e. The molecule has 0 aliphatic heterocycles. The zero-order chi connectivity index (χ0) is 21.6. The number of para-hydroxylation sites is 1. The van der Waals surface area contributed by atoms with Crippen LogP contribution in [0.15, 0.2) is 67.0 Å². The van der Waals surface area contributed by atoms with Crippen molar-refractivity contribution in [3.8, 4) is 5.75 Å². The Labute approximate surface area is 187 Å². The molecule has 0 saturated carbocycles. The maximum atomic E-state index is 10.6. The number of carbonyl (C=O) groups excluding carboxylic acids is 2. The second-order valence-corrected chi connectivity index (χ2v) is 6.06. The minimum atomic E-state index is -0.814. The molecule has 3 aromatic rings. The van der Waals surface area contributed by atoms with E-state index in [1.807, 2.05) is 44.2 Å². The molecule has 9 heteroatoms. The zero-order valence-electron chi connectivity index (χ0n) is 16.8. The number of nitrogens with two attached hydrogens (primary N) is 1. The fourth-order valence-electron chi connectivity index (χ4n) is 1.81. The second-order valence-electron chi connectivity index (χ2n) is 5.76. The summed E-state index contributed by atoms with van der Waals surface area (Å²) in [6, 6.07) is 16.0. The topological polar surface area (TPSA) is 107 Å². The number of ether oxygens (including phenoxy) is 1. The Bertz CT molecular complexity index is 869. The zero-order valence-corrected chi connectivity index (χ0v) is 18.4. The molecule has 0 unspecified atom stereocenters. The van der Waals surface area contributed by atoms with Crippen LogP contribution in [-0.2, 0) is 4.79 Å². The van der Waals surface area contributed by atoms with Crippen LogP contribution in [-0.4, -0.2) is 21.3 Å². The van der Waals surface area contributed by atoms with Crippen molar-refractivity contribution in [1.82, 2.24) is 9.97 Å². The van der Waals surface area contributed by atoms with Crippen LogP contribution in [0.3, 0.4) is 0 Å². The Morgan fingerprint density at radius 3 is 1.90 bits per heavy atom. The largest absolute Gasteiger partial charge is 0.415 e. The van der Waals surface area contributed by atoms with E-state index >= 15 is 0 Å². The Balaban J connectivity index is 0.000000418. The Morgan fingerprint density at radius 2 is 1.50 bits per heavy atom. The van der Waals surface area contributed by atoms with Gasteiger partial charge in [0.1, 0.15) is 5.75 Å². The third-order valence-corrected chi connectivity index (χ3v) is 3.18. The van der Waals surface area contributed by atoms with Crippen LogP contribution in [0, 0.1) is 13.8 Å². The van der Waals surface area contributed by atoms with Gasteiger partial charge in [0.05, 0.1) is 23.8 Å². The van der Waals surface area contributed by atoms with Crippen molar-refractivity contribution >= 4 is 46.7 Å². The lowest BCUT2D eigenvalue weighted by Crippen LogP contribution is -2.05. The van der Waals surface area contributed by atoms with E-state index < -0.39 is 5.43 Å². The molecule has 1 aromatic carbocycles. The molecular weight excluding hydrogens is 427 g/mol. The third-order valence-electron chi connectivity index (χ3n) is 3.11. The van der Waals surface area contributed by atoms with E-state index in [0.29, 0.717) is 5.75 Å². The summed E-state index contributed by atoms with van der Waals surface area (Å²) in [6.45, 7) is 5.30. The van der Waals surface area contributed by atoms with Crippen LogP contribution in [0.2, 0.25) is 0 Å². The molecule has 160 valence electrons. The van der Waals surface area contributed by atoms with E-state index in [0.717, 1.165) is 22.8 Å². The number of aromatic nitrogens is 2. The monoisotopic (exact) mass is 450 g/mol.